The molecule has 0 unspecified atom stereocenters. The number of anilines is 1. The average molecular weight is 491 g/mol. The van der Waals surface area contributed by atoms with Crippen LogP contribution in [0.2, 0.25) is 0 Å². The highest BCUT2D eigenvalue weighted by Gasteiger charge is 2.39. The summed E-state index contributed by atoms with van der Waals surface area (Å²) in [6.07, 6.45) is -8.21. The van der Waals surface area contributed by atoms with Gasteiger partial charge in [0.15, 0.2) is 11.6 Å². The van der Waals surface area contributed by atoms with Crippen LogP contribution in [0.3, 0.4) is 0 Å². The van der Waals surface area contributed by atoms with Crippen molar-refractivity contribution in [3.8, 4) is 16.9 Å². The number of alkyl halides is 6. The third-order valence-electron chi connectivity index (χ3n) is 4.65. The van der Waals surface area contributed by atoms with E-state index in [2.05, 4.69) is 9.97 Å². The average Bonchev–Trinajstić information content (AvgIpc) is 2.78. The van der Waals surface area contributed by atoms with Crippen LogP contribution in [0.5, 0.6) is 5.75 Å². The maximum Gasteiger partial charge on any atom is 0.433 e. The molecule has 0 fully saturated rings. The number of hydrogen-bond donors (Lipinski definition) is 0. The zero-order valence-electron chi connectivity index (χ0n) is 17.2. The minimum atomic E-state index is -5.26. The maximum absolute atomic E-state index is 13.9. The fourth-order valence-electron chi connectivity index (χ4n) is 3.04. The molecule has 180 valence electrons. The Balaban J connectivity index is 2.14. The highest BCUT2D eigenvalue weighted by atomic mass is 19.4. The van der Waals surface area contributed by atoms with Crippen molar-refractivity contribution >= 4 is 11.6 Å². The Labute approximate surface area is 186 Å². The van der Waals surface area contributed by atoms with E-state index in [9.17, 15) is 39.9 Å². The predicted octanol–water partition coefficient (Wildman–Crippen LogP) is 5.74. The number of pyridine rings is 2. The van der Waals surface area contributed by atoms with Gasteiger partial charge in [-0.2, -0.15) is 26.3 Å². The number of methoxy groups -OCH3 is 1. The summed E-state index contributed by atoms with van der Waals surface area (Å²) in [6, 6.07) is 3.15. The molecule has 0 aliphatic rings. The van der Waals surface area contributed by atoms with Crippen molar-refractivity contribution in [3.63, 3.8) is 0 Å². The van der Waals surface area contributed by atoms with Gasteiger partial charge < -0.3 is 9.64 Å². The number of ether oxygens (including phenoxy) is 1. The number of benzene rings is 1. The lowest BCUT2D eigenvalue weighted by Crippen LogP contribution is -2.28. The van der Waals surface area contributed by atoms with Crippen molar-refractivity contribution < 1.29 is 44.7 Å². The highest BCUT2D eigenvalue weighted by Crippen LogP contribution is 2.38. The van der Waals surface area contributed by atoms with E-state index < -0.39 is 46.8 Å². The normalized spacial score (nSPS) is 11.9. The smallest absolute Gasteiger partial charge is 0.433 e. The van der Waals surface area contributed by atoms with E-state index in [-0.39, 0.29) is 34.7 Å². The molecule has 0 saturated carbocycles. The zero-order valence-corrected chi connectivity index (χ0v) is 17.2. The van der Waals surface area contributed by atoms with E-state index in [0.29, 0.717) is 0 Å². The first-order valence-electron chi connectivity index (χ1n) is 9.16. The largest absolute Gasteiger partial charge is 0.496 e. The Morgan fingerprint density at radius 1 is 0.912 bits per heavy atom. The number of rotatable bonds is 4. The van der Waals surface area contributed by atoms with Crippen molar-refractivity contribution in [1.82, 2.24) is 9.97 Å². The van der Waals surface area contributed by atoms with Crippen molar-refractivity contribution in [2.24, 2.45) is 0 Å². The molecule has 0 aliphatic carbocycles. The summed E-state index contributed by atoms with van der Waals surface area (Å²) in [4.78, 5) is 20.0. The molecule has 1 aromatic carbocycles. The molecule has 3 rings (SSSR count). The Morgan fingerprint density at radius 3 is 2.00 bits per heavy atom. The second kappa shape index (κ2) is 8.88. The summed E-state index contributed by atoms with van der Waals surface area (Å²) in [7, 11) is 2.23. The van der Waals surface area contributed by atoms with Crippen LogP contribution in [0.1, 0.15) is 21.7 Å². The molecular formula is C21H13F8N3O2. The van der Waals surface area contributed by atoms with Gasteiger partial charge in [-0.1, -0.05) is 0 Å². The fraction of sp³-hybridized carbons (Fsp3) is 0.190. The van der Waals surface area contributed by atoms with Gasteiger partial charge in [0.1, 0.15) is 17.1 Å². The van der Waals surface area contributed by atoms with Gasteiger partial charge in [-0.05, 0) is 24.3 Å². The van der Waals surface area contributed by atoms with E-state index in [4.69, 9.17) is 4.74 Å². The van der Waals surface area contributed by atoms with Gasteiger partial charge in [-0.25, -0.2) is 13.8 Å². The van der Waals surface area contributed by atoms with Gasteiger partial charge in [0.2, 0.25) is 0 Å². The first-order chi connectivity index (χ1) is 15.7. The summed E-state index contributed by atoms with van der Waals surface area (Å²) < 4.78 is 111. The Kier molecular flexibility index (Phi) is 6.49. The Hall–Kier alpha value is -3.77. The summed E-state index contributed by atoms with van der Waals surface area (Å²) in [5.74, 6) is -3.90. The number of halogens is 8. The topological polar surface area (TPSA) is 55.3 Å². The van der Waals surface area contributed by atoms with Gasteiger partial charge in [0.05, 0.1) is 19.0 Å². The highest BCUT2D eigenvalue weighted by molar-refractivity contribution is 6.08. The zero-order chi connectivity index (χ0) is 25.4. The molecule has 0 saturated heterocycles. The van der Waals surface area contributed by atoms with Gasteiger partial charge in [0, 0.05) is 36.0 Å². The molecule has 3 aromatic rings. The summed E-state index contributed by atoms with van der Waals surface area (Å²) in [6.45, 7) is 0. The van der Waals surface area contributed by atoms with Gasteiger partial charge in [-0.3, -0.25) is 9.78 Å². The lowest BCUT2D eigenvalue weighted by molar-refractivity contribution is -0.150. The van der Waals surface area contributed by atoms with Crippen LogP contribution in [0.4, 0.5) is 40.8 Å². The van der Waals surface area contributed by atoms with E-state index in [1.54, 1.807) is 0 Å². The minimum Gasteiger partial charge on any atom is -0.496 e. The number of hydrogen-bond acceptors (Lipinski definition) is 4. The molecule has 0 radical (unpaired) electrons. The molecule has 34 heavy (non-hydrogen) atoms. The third kappa shape index (κ3) is 4.92. The Bertz CT molecular complexity index is 1210. The van der Waals surface area contributed by atoms with E-state index in [1.165, 1.54) is 19.4 Å². The lowest BCUT2D eigenvalue weighted by atomic mass is 10.0. The second-order valence-electron chi connectivity index (χ2n) is 6.85. The van der Waals surface area contributed by atoms with E-state index in [1.807, 2.05) is 0 Å². The summed E-state index contributed by atoms with van der Waals surface area (Å²) in [5.41, 5.74) is -4.90. The fourth-order valence-corrected chi connectivity index (χ4v) is 3.04. The number of carbonyl (C=O) groups excluding carboxylic acids is 1. The Morgan fingerprint density at radius 2 is 1.47 bits per heavy atom. The number of nitrogens with zero attached hydrogens (tertiary/aromatic N) is 3. The first kappa shape index (κ1) is 24.9. The van der Waals surface area contributed by atoms with Crippen molar-refractivity contribution in [3.05, 3.63) is 71.3 Å². The van der Waals surface area contributed by atoms with Gasteiger partial charge in [0.25, 0.3) is 5.91 Å². The van der Waals surface area contributed by atoms with Crippen LogP contribution in [0.15, 0.2) is 42.7 Å². The van der Waals surface area contributed by atoms with Crippen LogP contribution < -0.4 is 9.64 Å². The van der Waals surface area contributed by atoms with E-state index in [0.717, 1.165) is 30.3 Å². The molecule has 13 heteroatoms. The number of carbonyl (C=O) groups is 1. The third-order valence-corrected chi connectivity index (χ3v) is 4.65. The molecule has 0 N–H and O–H groups in total. The van der Waals surface area contributed by atoms with Gasteiger partial charge >= 0.3 is 12.4 Å². The summed E-state index contributed by atoms with van der Waals surface area (Å²) in [5, 5.41) is 0. The number of aromatic nitrogens is 2. The summed E-state index contributed by atoms with van der Waals surface area (Å²) >= 11 is 0. The van der Waals surface area contributed by atoms with Gasteiger partial charge in [-0.15, -0.1) is 0 Å². The first-order valence-corrected chi connectivity index (χ1v) is 9.16. The van der Waals surface area contributed by atoms with Crippen LogP contribution >= 0.6 is 0 Å². The van der Waals surface area contributed by atoms with Crippen molar-refractivity contribution in [1.29, 1.82) is 0 Å². The number of amides is 1. The van der Waals surface area contributed by atoms with Crippen LogP contribution in [0.25, 0.3) is 11.1 Å². The standard InChI is InChI=1S/C21H13F8N3O2/c1-32(19(33)10-5-17(20(24,25)26)31-18(6-10)21(27,28)29)15-9-30-4-3-11(15)12-7-13(22)14(23)8-16(12)34-2/h3-9H,1-2H3. The molecule has 2 aromatic heterocycles. The molecule has 0 spiro atoms. The predicted molar refractivity (Wildman–Crippen MR) is 103 cm³/mol. The van der Waals surface area contributed by atoms with Crippen molar-refractivity contribution in [2.45, 2.75) is 12.4 Å². The SMILES string of the molecule is COc1cc(F)c(F)cc1-c1ccncc1N(C)C(=O)c1cc(C(F)(F)F)nc(C(F)(F)F)c1. The minimum absolute atomic E-state index is 0.0415. The molecule has 5 nitrogen and oxygen atoms in total. The van der Waals surface area contributed by atoms with Crippen LogP contribution in [0, 0.1) is 11.6 Å². The van der Waals surface area contributed by atoms with Crippen LogP contribution in [-0.4, -0.2) is 30.0 Å². The van der Waals surface area contributed by atoms with E-state index >= 15 is 0 Å². The lowest BCUT2D eigenvalue weighted by Gasteiger charge is -2.22. The van der Waals surface area contributed by atoms with Crippen LogP contribution in [-0.2, 0) is 12.4 Å². The molecule has 2 heterocycles. The molecular weight excluding hydrogens is 478 g/mol. The molecule has 1 amide bonds. The maximum atomic E-state index is 13.9. The van der Waals surface area contributed by atoms with Crippen molar-refractivity contribution in [2.75, 3.05) is 19.1 Å². The molecule has 0 bridgehead atoms. The molecule has 0 aliphatic heterocycles. The monoisotopic (exact) mass is 491 g/mol. The quantitative estimate of drug-likeness (QED) is 0.437. The molecule has 0 atom stereocenters. The second-order valence-corrected chi connectivity index (χ2v) is 6.85.